The van der Waals surface area contributed by atoms with E-state index in [1.54, 1.807) is 4.90 Å². The fourth-order valence-electron chi connectivity index (χ4n) is 5.61. The molecule has 6 rings (SSSR count). The number of nitrogens with zero attached hydrogens (tertiary/aromatic N) is 4. The van der Waals surface area contributed by atoms with E-state index in [4.69, 9.17) is 14.6 Å². The average molecular weight is 511 g/mol. The molecule has 0 radical (unpaired) electrons. The van der Waals surface area contributed by atoms with E-state index in [0.717, 1.165) is 66.1 Å². The van der Waals surface area contributed by atoms with Crippen LogP contribution >= 0.6 is 0 Å². The number of fused-ring (bicyclic) bond motifs is 1. The van der Waals surface area contributed by atoms with Gasteiger partial charge in [0, 0.05) is 44.2 Å². The summed E-state index contributed by atoms with van der Waals surface area (Å²) in [5, 5.41) is 6.14. The minimum absolute atomic E-state index is 0.238. The summed E-state index contributed by atoms with van der Waals surface area (Å²) in [5.41, 5.74) is 3.73. The van der Waals surface area contributed by atoms with Crippen LogP contribution in [-0.2, 0) is 17.9 Å². The van der Waals surface area contributed by atoms with E-state index in [9.17, 15) is 4.79 Å². The number of benzene rings is 3. The van der Waals surface area contributed by atoms with Crippen LogP contribution < -0.4 is 9.64 Å². The molecule has 0 aliphatic carbocycles. The number of ether oxygens (including phenoxy) is 2. The number of aromatic nitrogens is 2. The summed E-state index contributed by atoms with van der Waals surface area (Å²) in [6.07, 6.45) is 1.37. The molecule has 2 aliphatic heterocycles. The maximum Gasteiger partial charge on any atom is 0.415 e. The predicted molar refractivity (Wildman–Crippen MR) is 148 cm³/mol. The van der Waals surface area contributed by atoms with Crippen molar-refractivity contribution in [2.75, 3.05) is 24.5 Å². The third-order valence-electron chi connectivity index (χ3n) is 7.67. The van der Waals surface area contributed by atoms with Crippen LogP contribution in [0.15, 0.2) is 78.9 Å². The highest BCUT2D eigenvalue weighted by Gasteiger charge is 2.47. The second kappa shape index (κ2) is 10.1. The number of piperidine rings is 1. The molecule has 196 valence electrons. The Bertz CT molecular complexity index is 1410. The molecule has 38 heavy (non-hydrogen) atoms. The quantitative estimate of drug-likeness (QED) is 0.297. The molecule has 2 aliphatic rings. The zero-order chi connectivity index (χ0) is 26.1. The van der Waals surface area contributed by atoms with Crippen LogP contribution in [0.1, 0.15) is 44.0 Å². The average Bonchev–Trinajstić information content (AvgIpc) is 3.48. The van der Waals surface area contributed by atoms with Crippen LogP contribution in [0.25, 0.3) is 10.9 Å². The normalized spacial score (nSPS) is 17.4. The highest BCUT2D eigenvalue weighted by atomic mass is 16.6. The van der Waals surface area contributed by atoms with E-state index in [1.165, 1.54) is 0 Å². The van der Waals surface area contributed by atoms with Crippen molar-refractivity contribution in [3.05, 3.63) is 90.1 Å². The van der Waals surface area contributed by atoms with Crippen molar-refractivity contribution in [1.82, 2.24) is 14.7 Å². The molecular weight excluding hydrogens is 476 g/mol. The van der Waals surface area contributed by atoms with Crippen LogP contribution in [0.5, 0.6) is 5.75 Å². The lowest BCUT2D eigenvalue weighted by molar-refractivity contribution is -0.00120. The Morgan fingerprint density at radius 1 is 0.947 bits per heavy atom. The fourth-order valence-corrected chi connectivity index (χ4v) is 5.61. The molecule has 2 saturated heterocycles. The molecule has 3 heterocycles. The molecule has 7 heteroatoms. The van der Waals surface area contributed by atoms with Crippen molar-refractivity contribution in [2.45, 2.75) is 51.5 Å². The zero-order valence-corrected chi connectivity index (χ0v) is 22.0. The summed E-state index contributed by atoms with van der Waals surface area (Å²) in [4.78, 5) is 16.9. The van der Waals surface area contributed by atoms with Crippen molar-refractivity contribution in [2.24, 2.45) is 0 Å². The number of para-hydroxylation sites is 1. The first-order valence-electron chi connectivity index (χ1n) is 13.5. The summed E-state index contributed by atoms with van der Waals surface area (Å²) in [6, 6.07) is 26.5. The summed E-state index contributed by atoms with van der Waals surface area (Å²) < 4.78 is 14.4. The molecule has 3 aromatic carbocycles. The van der Waals surface area contributed by atoms with Crippen LogP contribution in [0.3, 0.4) is 0 Å². The van der Waals surface area contributed by atoms with Gasteiger partial charge in [0.25, 0.3) is 0 Å². The Morgan fingerprint density at radius 3 is 2.37 bits per heavy atom. The first-order chi connectivity index (χ1) is 18.5. The lowest BCUT2D eigenvalue weighted by atomic mass is 9.91. The molecule has 0 saturated carbocycles. The van der Waals surface area contributed by atoms with Gasteiger partial charge in [0.2, 0.25) is 0 Å². The van der Waals surface area contributed by atoms with Crippen LogP contribution in [0.2, 0.25) is 0 Å². The van der Waals surface area contributed by atoms with E-state index in [2.05, 4.69) is 41.6 Å². The fraction of sp³-hybridized carbons (Fsp3) is 0.355. The Labute approximate surface area is 223 Å². The second-order valence-corrected chi connectivity index (χ2v) is 10.7. The van der Waals surface area contributed by atoms with Gasteiger partial charge >= 0.3 is 6.09 Å². The van der Waals surface area contributed by atoms with Crippen molar-refractivity contribution >= 4 is 22.7 Å². The zero-order valence-electron chi connectivity index (χ0n) is 22.0. The highest BCUT2D eigenvalue weighted by molar-refractivity contribution is 5.90. The van der Waals surface area contributed by atoms with Crippen LogP contribution in [-0.4, -0.2) is 46.0 Å². The third-order valence-corrected chi connectivity index (χ3v) is 7.67. The molecule has 1 amide bonds. The van der Waals surface area contributed by atoms with Gasteiger partial charge in [-0.1, -0.05) is 54.6 Å². The maximum absolute atomic E-state index is 12.7. The summed E-state index contributed by atoms with van der Waals surface area (Å²) in [5.74, 6) is 0.866. The van der Waals surface area contributed by atoms with E-state index < -0.39 is 5.60 Å². The lowest BCUT2D eigenvalue weighted by Gasteiger charge is -2.37. The molecular formula is C31H34N4O3. The Hall–Kier alpha value is -3.84. The number of likely N-dealkylation sites (tertiary alicyclic amines) is 1. The van der Waals surface area contributed by atoms with E-state index in [0.29, 0.717) is 13.2 Å². The first kappa shape index (κ1) is 24.5. The van der Waals surface area contributed by atoms with Gasteiger partial charge in [-0.05, 0) is 43.7 Å². The van der Waals surface area contributed by atoms with Crippen molar-refractivity contribution in [3.8, 4) is 5.75 Å². The topological polar surface area (TPSA) is 59.8 Å². The minimum atomic E-state index is -0.424. The van der Waals surface area contributed by atoms with Gasteiger partial charge in [-0.25, -0.2) is 4.79 Å². The number of hydrogen-bond donors (Lipinski definition) is 0. The predicted octanol–water partition coefficient (Wildman–Crippen LogP) is 6.19. The molecule has 7 nitrogen and oxygen atoms in total. The Balaban J connectivity index is 1.19. The number of amides is 1. The molecule has 0 N–H and O–H groups in total. The van der Waals surface area contributed by atoms with Gasteiger partial charge in [0.15, 0.2) is 0 Å². The van der Waals surface area contributed by atoms with E-state index >= 15 is 0 Å². The van der Waals surface area contributed by atoms with Gasteiger partial charge in [-0.15, -0.1) is 0 Å². The summed E-state index contributed by atoms with van der Waals surface area (Å²) in [6.45, 7) is 7.86. The number of hydrogen-bond acceptors (Lipinski definition) is 5. The molecule has 0 unspecified atom stereocenters. The third kappa shape index (κ3) is 4.74. The molecule has 1 spiro atoms. The largest absolute Gasteiger partial charge is 0.488 e. The van der Waals surface area contributed by atoms with E-state index in [1.807, 2.05) is 60.7 Å². The van der Waals surface area contributed by atoms with Gasteiger partial charge in [0.1, 0.15) is 18.0 Å². The summed E-state index contributed by atoms with van der Waals surface area (Å²) >= 11 is 0. The SMILES string of the molecule is CC(C)n1nc(CN2CCC3(CC2)CN(c2ccccc2)C(=O)O3)c2c(OCc3ccccc3)cccc21. The number of rotatable bonds is 7. The van der Waals surface area contributed by atoms with E-state index in [-0.39, 0.29) is 12.1 Å². The monoisotopic (exact) mass is 510 g/mol. The molecule has 4 aromatic rings. The first-order valence-corrected chi connectivity index (χ1v) is 13.5. The Kier molecular flexibility index (Phi) is 6.54. The number of anilines is 1. The minimum Gasteiger partial charge on any atom is -0.488 e. The van der Waals surface area contributed by atoms with Gasteiger partial charge < -0.3 is 9.47 Å². The smallest absolute Gasteiger partial charge is 0.415 e. The standard InChI is InChI=1S/C31H34N4O3/c1-23(2)35-27-14-9-15-28(37-21-24-10-5-3-6-11-24)29(27)26(32-35)20-33-18-16-31(17-19-33)22-34(30(36)38-31)25-12-7-4-8-13-25/h3-15,23H,16-22H2,1-2H3. The van der Waals surface area contributed by atoms with Crippen LogP contribution in [0.4, 0.5) is 10.5 Å². The van der Waals surface area contributed by atoms with Gasteiger partial charge in [-0.3, -0.25) is 14.5 Å². The number of carbonyl (C=O) groups is 1. The van der Waals surface area contributed by atoms with Gasteiger partial charge in [0.05, 0.1) is 23.1 Å². The Morgan fingerprint density at radius 2 is 1.66 bits per heavy atom. The van der Waals surface area contributed by atoms with Gasteiger partial charge in [-0.2, -0.15) is 5.10 Å². The van der Waals surface area contributed by atoms with Crippen molar-refractivity contribution in [3.63, 3.8) is 0 Å². The highest BCUT2D eigenvalue weighted by Crippen LogP contribution is 2.37. The molecule has 2 fully saturated rings. The molecule has 1 aromatic heterocycles. The van der Waals surface area contributed by atoms with Crippen LogP contribution in [0, 0.1) is 0 Å². The van der Waals surface area contributed by atoms with Crippen molar-refractivity contribution in [1.29, 1.82) is 0 Å². The molecule has 0 bridgehead atoms. The van der Waals surface area contributed by atoms with Crippen molar-refractivity contribution < 1.29 is 14.3 Å². The maximum atomic E-state index is 12.7. The number of carbonyl (C=O) groups excluding carboxylic acids is 1. The molecule has 0 atom stereocenters. The lowest BCUT2D eigenvalue weighted by Crippen LogP contribution is -2.46. The summed E-state index contributed by atoms with van der Waals surface area (Å²) in [7, 11) is 0. The second-order valence-electron chi connectivity index (χ2n) is 10.7.